The number of nitrogens with zero attached hydrogens (tertiary/aromatic N) is 1. The van der Waals surface area contributed by atoms with Gasteiger partial charge in [0.25, 0.3) is 0 Å². The molecule has 0 aliphatic rings. The molecule has 0 amide bonds. The van der Waals surface area contributed by atoms with Crippen molar-refractivity contribution in [2.24, 2.45) is 0 Å². The number of fused-ring (bicyclic) bond motifs is 1. The third-order valence-electron chi connectivity index (χ3n) is 3.78. The first-order chi connectivity index (χ1) is 12.2. The fourth-order valence-corrected chi connectivity index (χ4v) is 2.54. The molecule has 122 valence electrons. The van der Waals surface area contributed by atoms with Crippen molar-refractivity contribution in [1.82, 2.24) is 5.16 Å². The monoisotopic (exact) mass is 333 g/mol. The van der Waals surface area contributed by atoms with Crippen molar-refractivity contribution in [2.75, 3.05) is 0 Å². The maximum Gasteiger partial charge on any atom is 0.343 e. The number of esters is 1. The van der Waals surface area contributed by atoms with E-state index in [-0.39, 0.29) is 5.56 Å². The molecule has 0 aliphatic heterocycles. The molecule has 1 aromatic heterocycles. The summed E-state index contributed by atoms with van der Waals surface area (Å²) in [7, 11) is 0. The van der Waals surface area contributed by atoms with Gasteiger partial charge in [0, 0.05) is 17.0 Å². The highest BCUT2D eigenvalue weighted by molar-refractivity contribution is 5.94. The molecule has 0 spiro atoms. The SMILES string of the molecule is O=C(Oc1ccc2c(-c3ccccc3)noc2c1)c1ccc(F)cc1. The second-order valence-corrected chi connectivity index (χ2v) is 5.45. The van der Waals surface area contributed by atoms with Gasteiger partial charge in [0.1, 0.15) is 17.3 Å². The summed E-state index contributed by atoms with van der Waals surface area (Å²) in [5.74, 6) is -0.646. The average Bonchev–Trinajstić information content (AvgIpc) is 3.06. The van der Waals surface area contributed by atoms with Gasteiger partial charge in [-0.2, -0.15) is 0 Å². The molecule has 4 aromatic rings. The summed E-state index contributed by atoms with van der Waals surface area (Å²) < 4.78 is 23.6. The standard InChI is InChI=1S/C20H12FNO3/c21-15-8-6-14(7-9-15)20(23)24-16-10-11-17-18(12-16)25-22-19(17)13-4-2-1-3-5-13/h1-12H. The maximum absolute atomic E-state index is 12.9. The van der Waals surface area contributed by atoms with E-state index in [0.29, 0.717) is 11.3 Å². The van der Waals surface area contributed by atoms with Crippen LogP contribution in [0.4, 0.5) is 4.39 Å². The highest BCUT2D eigenvalue weighted by Gasteiger charge is 2.13. The van der Waals surface area contributed by atoms with Crippen molar-refractivity contribution in [3.63, 3.8) is 0 Å². The summed E-state index contributed by atoms with van der Waals surface area (Å²) in [5, 5.41) is 4.92. The highest BCUT2D eigenvalue weighted by Crippen LogP contribution is 2.30. The Hall–Kier alpha value is -3.47. The molecule has 1 heterocycles. The molecule has 25 heavy (non-hydrogen) atoms. The summed E-state index contributed by atoms with van der Waals surface area (Å²) in [5.41, 5.74) is 2.46. The van der Waals surface area contributed by atoms with Crippen molar-refractivity contribution in [1.29, 1.82) is 0 Å². The van der Waals surface area contributed by atoms with Gasteiger partial charge in [-0.1, -0.05) is 35.5 Å². The van der Waals surface area contributed by atoms with Crippen LogP contribution < -0.4 is 4.74 Å². The van der Waals surface area contributed by atoms with Crippen LogP contribution in [0, 0.1) is 5.82 Å². The van der Waals surface area contributed by atoms with Crippen LogP contribution in [0.3, 0.4) is 0 Å². The zero-order valence-corrected chi connectivity index (χ0v) is 13.0. The second-order valence-electron chi connectivity index (χ2n) is 5.45. The Labute approximate surface area is 142 Å². The minimum absolute atomic E-state index is 0.268. The first kappa shape index (κ1) is 15.1. The van der Waals surface area contributed by atoms with Crippen LogP contribution >= 0.6 is 0 Å². The first-order valence-electron chi connectivity index (χ1n) is 7.63. The lowest BCUT2D eigenvalue weighted by Crippen LogP contribution is -2.08. The van der Waals surface area contributed by atoms with Crippen molar-refractivity contribution in [3.05, 3.63) is 84.2 Å². The third kappa shape index (κ3) is 2.99. The van der Waals surface area contributed by atoms with Crippen LogP contribution in [0.25, 0.3) is 22.2 Å². The summed E-state index contributed by atoms with van der Waals surface area (Å²) in [6.45, 7) is 0. The van der Waals surface area contributed by atoms with Crippen LogP contribution in [0.5, 0.6) is 5.75 Å². The quantitative estimate of drug-likeness (QED) is 0.397. The molecule has 0 unspecified atom stereocenters. The maximum atomic E-state index is 12.9. The molecule has 0 saturated heterocycles. The van der Waals surface area contributed by atoms with Gasteiger partial charge in [-0.25, -0.2) is 9.18 Å². The Morgan fingerprint density at radius 2 is 1.72 bits per heavy atom. The number of carbonyl (C=O) groups is 1. The Morgan fingerprint density at radius 3 is 2.48 bits per heavy atom. The van der Waals surface area contributed by atoms with E-state index in [9.17, 15) is 9.18 Å². The van der Waals surface area contributed by atoms with Gasteiger partial charge in [0.15, 0.2) is 5.58 Å². The average molecular weight is 333 g/mol. The van der Waals surface area contributed by atoms with Crippen molar-refractivity contribution in [2.45, 2.75) is 0 Å². The van der Waals surface area contributed by atoms with Crippen LogP contribution in [-0.2, 0) is 0 Å². The van der Waals surface area contributed by atoms with Crippen LogP contribution in [0.1, 0.15) is 10.4 Å². The van der Waals surface area contributed by atoms with Gasteiger partial charge in [0.05, 0.1) is 5.56 Å². The Bertz CT molecular complexity index is 1040. The third-order valence-corrected chi connectivity index (χ3v) is 3.78. The molecular weight excluding hydrogens is 321 g/mol. The molecule has 0 saturated carbocycles. The minimum atomic E-state index is -0.567. The van der Waals surface area contributed by atoms with E-state index < -0.39 is 11.8 Å². The normalized spacial score (nSPS) is 10.8. The molecular formula is C20H12FNO3. The Morgan fingerprint density at radius 1 is 0.960 bits per heavy atom. The van der Waals surface area contributed by atoms with Gasteiger partial charge in [-0.3, -0.25) is 0 Å². The molecule has 0 atom stereocenters. The second kappa shape index (κ2) is 6.20. The number of ether oxygens (including phenoxy) is 1. The molecule has 0 radical (unpaired) electrons. The summed E-state index contributed by atoms with van der Waals surface area (Å²) in [4.78, 5) is 12.1. The highest BCUT2D eigenvalue weighted by atomic mass is 19.1. The first-order valence-corrected chi connectivity index (χ1v) is 7.63. The summed E-state index contributed by atoms with van der Waals surface area (Å²) in [6.07, 6.45) is 0. The number of benzene rings is 3. The van der Waals surface area contributed by atoms with Gasteiger partial charge < -0.3 is 9.26 Å². The summed E-state index contributed by atoms with van der Waals surface area (Å²) >= 11 is 0. The van der Waals surface area contributed by atoms with Crippen LogP contribution in [0.2, 0.25) is 0 Å². The Balaban J connectivity index is 1.62. The van der Waals surface area contributed by atoms with Gasteiger partial charge in [0.2, 0.25) is 0 Å². The zero-order valence-electron chi connectivity index (χ0n) is 13.0. The number of carbonyl (C=O) groups excluding carboxylic acids is 1. The number of halogens is 1. The van der Waals surface area contributed by atoms with E-state index >= 15 is 0 Å². The zero-order chi connectivity index (χ0) is 17.2. The van der Waals surface area contributed by atoms with E-state index in [1.165, 1.54) is 24.3 Å². The molecule has 4 rings (SSSR count). The molecule has 5 heteroatoms. The molecule has 0 aliphatic carbocycles. The smallest absolute Gasteiger partial charge is 0.343 e. The topological polar surface area (TPSA) is 52.3 Å². The van der Waals surface area contributed by atoms with E-state index in [2.05, 4.69) is 5.16 Å². The molecule has 0 bridgehead atoms. The van der Waals surface area contributed by atoms with E-state index in [0.717, 1.165) is 16.6 Å². The lowest BCUT2D eigenvalue weighted by Gasteiger charge is -2.04. The van der Waals surface area contributed by atoms with Gasteiger partial charge in [-0.15, -0.1) is 0 Å². The van der Waals surface area contributed by atoms with Gasteiger partial charge in [-0.05, 0) is 36.4 Å². The van der Waals surface area contributed by atoms with Crippen LogP contribution in [-0.4, -0.2) is 11.1 Å². The van der Waals surface area contributed by atoms with Crippen LogP contribution in [0.15, 0.2) is 77.3 Å². The predicted octanol–water partition coefficient (Wildman–Crippen LogP) is 4.85. The van der Waals surface area contributed by atoms with Crippen molar-refractivity contribution < 1.29 is 18.4 Å². The predicted molar refractivity (Wildman–Crippen MR) is 90.8 cm³/mol. The number of hydrogen-bond donors (Lipinski definition) is 0. The van der Waals surface area contributed by atoms with Crippen molar-refractivity contribution >= 4 is 16.9 Å². The summed E-state index contributed by atoms with van der Waals surface area (Å²) in [6, 6.07) is 19.9. The fourth-order valence-electron chi connectivity index (χ4n) is 2.54. The van der Waals surface area contributed by atoms with Crippen molar-refractivity contribution in [3.8, 4) is 17.0 Å². The molecule has 0 fully saturated rings. The lowest BCUT2D eigenvalue weighted by atomic mass is 10.1. The molecule has 3 aromatic carbocycles. The number of aromatic nitrogens is 1. The number of rotatable bonds is 3. The lowest BCUT2D eigenvalue weighted by molar-refractivity contribution is 0.0735. The number of hydrogen-bond acceptors (Lipinski definition) is 4. The van der Waals surface area contributed by atoms with E-state index in [1.807, 2.05) is 30.3 Å². The molecule has 4 nitrogen and oxygen atoms in total. The van der Waals surface area contributed by atoms with E-state index in [4.69, 9.17) is 9.26 Å². The fraction of sp³-hybridized carbons (Fsp3) is 0. The van der Waals surface area contributed by atoms with E-state index in [1.54, 1.807) is 18.2 Å². The molecule has 0 N–H and O–H groups in total. The Kier molecular flexibility index (Phi) is 3.74. The minimum Gasteiger partial charge on any atom is -0.423 e. The van der Waals surface area contributed by atoms with Gasteiger partial charge >= 0.3 is 5.97 Å². The largest absolute Gasteiger partial charge is 0.423 e.